The molecule has 0 bridgehead atoms. The number of para-hydroxylation sites is 3. The van der Waals surface area contributed by atoms with Crippen LogP contribution in [0.2, 0.25) is 0 Å². The van der Waals surface area contributed by atoms with Crippen LogP contribution in [0.5, 0.6) is 0 Å². The summed E-state index contributed by atoms with van der Waals surface area (Å²) < 4.78 is 0. The fourth-order valence-electron chi connectivity index (χ4n) is 3.15. The molecule has 0 spiro atoms. The van der Waals surface area contributed by atoms with E-state index >= 15 is 0 Å². The van der Waals surface area contributed by atoms with E-state index in [1.54, 1.807) is 0 Å². The Bertz CT molecular complexity index is 660. The standard InChI is InChI=1S/C16H14N2/c1-11-12-7-3-4-8-13(12)18-15-10-6-5-9-14(15)17(2)16(11)18/h3-10,16H,1H2,2H3. The van der Waals surface area contributed by atoms with Gasteiger partial charge >= 0.3 is 0 Å². The van der Waals surface area contributed by atoms with Crippen molar-refractivity contribution in [2.75, 3.05) is 16.8 Å². The van der Waals surface area contributed by atoms with Gasteiger partial charge in [-0.15, -0.1) is 0 Å². The van der Waals surface area contributed by atoms with Crippen LogP contribution in [0.15, 0.2) is 55.1 Å². The molecular formula is C16H14N2. The average molecular weight is 234 g/mol. The van der Waals surface area contributed by atoms with E-state index in [1.165, 1.54) is 28.2 Å². The summed E-state index contributed by atoms with van der Waals surface area (Å²) >= 11 is 0. The number of likely N-dealkylation sites (N-methyl/N-ethyl adjacent to an activating group) is 1. The van der Waals surface area contributed by atoms with Crippen LogP contribution >= 0.6 is 0 Å². The summed E-state index contributed by atoms with van der Waals surface area (Å²) in [5.41, 5.74) is 6.27. The van der Waals surface area contributed by atoms with E-state index in [-0.39, 0.29) is 6.17 Å². The molecule has 18 heavy (non-hydrogen) atoms. The maximum atomic E-state index is 4.29. The summed E-state index contributed by atoms with van der Waals surface area (Å²) in [6.07, 6.45) is 0.236. The van der Waals surface area contributed by atoms with Crippen molar-refractivity contribution in [1.82, 2.24) is 0 Å². The molecule has 0 saturated heterocycles. The molecule has 2 aliphatic heterocycles. The molecule has 2 aromatic carbocycles. The summed E-state index contributed by atoms with van der Waals surface area (Å²) in [6.45, 7) is 4.29. The lowest BCUT2D eigenvalue weighted by Crippen LogP contribution is -2.35. The monoisotopic (exact) mass is 234 g/mol. The van der Waals surface area contributed by atoms with Crippen molar-refractivity contribution in [3.05, 3.63) is 60.7 Å². The maximum Gasteiger partial charge on any atom is 0.132 e. The van der Waals surface area contributed by atoms with Gasteiger partial charge in [-0.3, -0.25) is 0 Å². The molecule has 2 aliphatic rings. The number of hydrogen-bond acceptors (Lipinski definition) is 2. The Kier molecular flexibility index (Phi) is 1.72. The molecule has 2 aromatic rings. The van der Waals surface area contributed by atoms with Crippen molar-refractivity contribution in [2.45, 2.75) is 6.17 Å². The topological polar surface area (TPSA) is 6.48 Å². The van der Waals surface area contributed by atoms with Gasteiger partial charge in [0.15, 0.2) is 0 Å². The van der Waals surface area contributed by atoms with Gasteiger partial charge < -0.3 is 9.80 Å². The number of rotatable bonds is 0. The molecule has 0 N–H and O–H groups in total. The van der Waals surface area contributed by atoms with E-state index in [9.17, 15) is 0 Å². The number of anilines is 3. The second-order valence-corrected chi connectivity index (χ2v) is 4.89. The van der Waals surface area contributed by atoms with Crippen LogP contribution in [-0.4, -0.2) is 13.2 Å². The summed E-state index contributed by atoms with van der Waals surface area (Å²) in [5, 5.41) is 0. The molecule has 4 rings (SSSR count). The molecule has 0 fully saturated rings. The van der Waals surface area contributed by atoms with Gasteiger partial charge in [-0.25, -0.2) is 0 Å². The highest BCUT2D eigenvalue weighted by Crippen LogP contribution is 2.52. The largest absolute Gasteiger partial charge is 0.349 e. The second kappa shape index (κ2) is 3.16. The van der Waals surface area contributed by atoms with E-state index in [2.05, 4.69) is 72.0 Å². The minimum Gasteiger partial charge on any atom is -0.349 e. The Morgan fingerprint density at radius 3 is 2.28 bits per heavy atom. The zero-order valence-corrected chi connectivity index (χ0v) is 10.3. The minimum atomic E-state index is 0.236. The first-order chi connectivity index (χ1) is 8.79. The molecule has 2 heteroatoms. The fraction of sp³-hybridized carbons (Fsp3) is 0.125. The fourth-order valence-corrected chi connectivity index (χ4v) is 3.15. The van der Waals surface area contributed by atoms with Crippen molar-refractivity contribution in [3.63, 3.8) is 0 Å². The van der Waals surface area contributed by atoms with Crippen LogP contribution < -0.4 is 9.80 Å². The Balaban J connectivity index is 2.01. The highest BCUT2D eigenvalue weighted by atomic mass is 15.4. The molecule has 88 valence electrons. The zero-order chi connectivity index (χ0) is 12.3. The maximum absolute atomic E-state index is 4.29. The van der Waals surface area contributed by atoms with Gasteiger partial charge in [0.2, 0.25) is 0 Å². The van der Waals surface area contributed by atoms with E-state index in [4.69, 9.17) is 0 Å². The van der Waals surface area contributed by atoms with Crippen molar-refractivity contribution in [2.24, 2.45) is 0 Å². The summed E-state index contributed by atoms with van der Waals surface area (Å²) in [4.78, 5) is 4.69. The summed E-state index contributed by atoms with van der Waals surface area (Å²) in [6, 6.07) is 17.0. The number of hydrogen-bond donors (Lipinski definition) is 0. The van der Waals surface area contributed by atoms with Gasteiger partial charge in [-0.2, -0.15) is 0 Å². The van der Waals surface area contributed by atoms with Crippen LogP contribution in [0.25, 0.3) is 5.57 Å². The Hall–Kier alpha value is -2.22. The van der Waals surface area contributed by atoms with Gasteiger partial charge in [0.05, 0.1) is 17.1 Å². The van der Waals surface area contributed by atoms with Crippen LogP contribution in [-0.2, 0) is 0 Å². The number of nitrogens with zero attached hydrogens (tertiary/aromatic N) is 2. The molecule has 0 aromatic heterocycles. The molecule has 0 radical (unpaired) electrons. The summed E-state index contributed by atoms with van der Waals surface area (Å²) in [7, 11) is 2.14. The molecule has 1 unspecified atom stereocenters. The first-order valence-electron chi connectivity index (χ1n) is 6.18. The van der Waals surface area contributed by atoms with Gasteiger partial charge in [-0.05, 0) is 23.8 Å². The lowest BCUT2D eigenvalue weighted by molar-refractivity contribution is 0.844. The first kappa shape index (κ1) is 9.77. The highest BCUT2D eigenvalue weighted by molar-refractivity contribution is 5.99. The highest BCUT2D eigenvalue weighted by Gasteiger charge is 2.42. The van der Waals surface area contributed by atoms with Crippen molar-refractivity contribution < 1.29 is 0 Å². The van der Waals surface area contributed by atoms with Crippen LogP contribution in [0, 0.1) is 0 Å². The smallest absolute Gasteiger partial charge is 0.132 e. The quantitative estimate of drug-likeness (QED) is 0.687. The SMILES string of the molecule is C=C1c2ccccc2N2c3ccccc3N(C)C12. The summed E-state index contributed by atoms with van der Waals surface area (Å²) in [5.74, 6) is 0. The third-order valence-corrected chi connectivity index (χ3v) is 3.95. The lowest BCUT2D eigenvalue weighted by atomic mass is 10.1. The number of benzene rings is 2. The average Bonchev–Trinajstić information content (AvgIpc) is 2.87. The van der Waals surface area contributed by atoms with Gasteiger partial charge in [0, 0.05) is 12.6 Å². The van der Waals surface area contributed by atoms with Crippen molar-refractivity contribution >= 4 is 22.6 Å². The second-order valence-electron chi connectivity index (χ2n) is 4.89. The Morgan fingerprint density at radius 2 is 1.50 bits per heavy atom. The van der Waals surface area contributed by atoms with Gasteiger partial charge in [0.25, 0.3) is 0 Å². The Labute approximate surface area is 107 Å². The molecule has 2 nitrogen and oxygen atoms in total. The molecule has 0 amide bonds. The number of fused-ring (bicyclic) bond motifs is 5. The van der Waals surface area contributed by atoms with E-state index in [1.807, 2.05) is 0 Å². The Morgan fingerprint density at radius 1 is 0.889 bits per heavy atom. The van der Waals surface area contributed by atoms with E-state index in [0.29, 0.717) is 0 Å². The zero-order valence-electron chi connectivity index (χ0n) is 10.3. The van der Waals surface area contributed by atoms with Crippen LogP contribution in [0.1, 0.15) is 5.56 Å². The third-order valence-electron chi connectivity index (χ3n) is 3.95. The predicted molar refractivity (Wildman–Crippen MR) is 76.2 cm³/mol. The normalized spacial score (nSPS) is 19.8. The van der Waals surface area contributed by atoms with E-state index in [0.717, 1.165) is 0 Å². The third kappa shape index (κ3) is 0.986. The predicted octanol–water partition coefficient (Wildman–Crippen LogP) is 3.63. The molecule has 2 heterocycles. The van der Waals surface area contributed by atoms with Gasteiger partial charge in [0.1, 0.15) is 6.17 Å². The molecule has 1 atom stereocenters. The lowest BCUT2D eigenvalue weighted by Gasteiger charge is -2.24. The van der Waals surface area contributed by atoms with E-state index < -0.39 is 0 Å². The van der Waals surface area contributed by atoms with Crippen molar-refractivity contribution in [3.8, 4) is 0 Å². The van der Waals surface area contributed by atoms with Crippen molar-refractivity contribution in [1.29, 1.82) is 0 Å². The molecule has 0 aliphatic carbocycles. The van der Waals surface area contributed by atoms with Gasteiger partial charge in [-0.1, -0.05) is 36.9 Å². The first-order valence-corrected chi connectivity index (χ1v) is 6.18. The van der Waals surface area contributed by atoms with Crippen LogP contribution in [0.4, 0.5) is 17.1 Å². The van der Waals surface area contributed by atoms with Crippen LogP contribution in [0.3, 0.4) is 0 Å². The molecule has 0 saturated carbocycles. The minimum absolute atomic E-state index is 0.236. The molecular weight excluding hydrogens is 220 g/mol.